The van der Waals surface area contributed by atoms with Crippen LogP contribution in [-0.4, -0.2) is 16.1 Å². The summed E-state index contributed by atoms with van der Waals surface area (Å²) in [4.78, 5) is 16.2. The molecule has 5 nitrogen and oxygen atoms in total. The van der Waals surface area contributed by atoms with Crippen LogP contribution in [0.4, 0.5) is 0 Å². The largest absolute Gasteiger partial charge is 0.488 e. The van der Waals surface area contributed by atoms with Gasteiger partial charge in [0.05, 0.1) is 0 Å². The molecule has 0 radical (unpaired) electrons. The quantitative estimate of drug-likeness (QED) is 0.319. The summed E-state index contributed by atoms with van der Waals surface area (Å²) in [5.74, 6) is -0.455. The van der Waals surface area contributed by atoms with Gasteiger partial charge in [-0.05, 0) is 41.6 Å². The van der Waals surface area contributed by atoms with Gasteiger partial charge in [0.2, 0.25) is 0 Å². The Bertz CT molecular complexity index is 1130. The van der Waals surface area contributed by atoms with Crippen LogP contribution < -0.4 is 4.74 Å². The number of rotatable bonds is 7. The number of aromatic nitrogens is 1. The van der Waals surface area contributed by atoms with Crippen molar-refractivity contribution in [2.75, 3.05) is 0 Å². The number of hydrogen-bond acceptors (Lipinski definition) is 5. The zero-order chi connectivity index (χ0) is 20.1. The van der Waals surface area contributed by atoms with E-state index < -0.39 is 5.97 Å². The molecule has 0 aliphatic heterocycles. The van der Waals surface area contributed by atoms with E-state index >= 15 is 0 Å². The number of nitrogens with zero attached hydrogens (tertiary/aromatic N) is 1. The number of hydrogen-bond donors (Lipinski definition) is 1. The highest BCUT2D eigenvalue weighted by molar-refractivity contribution is 8.03. The summed E-state index contributed by atoms with van der Waals surface area (Å²) in [6.45, 7) is 0.395. The van der Waals surface area contributed by atoms with Crippen molar-refractivity contribution < 1.29 is 19.1 Å². The molecule has 0 aliphatic rings. The van der Waals surface area contributed by atoms with Crippen LogP contribution in [0.5, 0.6) is 5.75 Å². The van der Waals surface area contributed by atoms with E-state index in [1.807, 2.05) is 72.8 Å². The van der Waals surface area contributed by atoms with Gasteiger partial charge in [0.25, 0.3) is 5.22 Å². The van der Waals surface area contributed by atoms with Gasteiger partial charge in [-0.1, -0.05) is 60.7 Å². The van der Waals surface area contributed by atoms with E-state index in [0.29, 0.717) is 29.0 Å². The molecule has 0 fully saturated rings. The Hall–Kier alpha value is -3.51. The van der Waals surface area contributed by atoms with Crippen LogP contribution in [0.25, 0.3) is 17.2 Å². The lowest BCUT2D eigenvalue weighted by atomic mass is 10.2. The third-order valence-corrected chi connectivity index (χ3v) is 4.99. The highest BCUT2D eigenvalue weighted by atomic mass is 32.2. The number of carbonyl (C=O) groups is 1. The molecule has 3 aromatic carbocycles. The van der Waals surface area contributed by atoms with Crippen molar-refractivity contribution in [3.63, 3.8) is 0 Å². The summed E-state index contributed by atoms with van der Waals surface area (Å²) in [6.07, 6.45) is 1.57. The summed E-state index contributed by atoms with van der Waals surface area (Å²) >= 11 is 0.969. The lowest BCUT2D eigenvalue weighted by Crippen LogP contribution is -1.99. The number of oxazole rings is 1. The fraction of sp³-hybridized carbons (Fsp3) is 0.0435. The van der Waals surface area contributed by atoms with E-state index in [0.717, 1.165) is 17.3 Å². The minimum atomic E-state index is -1.06. The molecule has 0 spiro atoms. The molecule has 0 saturated heterocycles. The molecule has 1 N–H and O–H groups in total. The molecular formula is C23H17NO4S. The van der Waals surface area contributed by atoms with Crippen molar-refractivity contribution in [1.29, 1.82) is 0 Å². The second-order valence-electron chi connectivity index (χ2n) is 6.18. The predicted molar refractivity (Wildman–Crippen MR) is 113 cm³/mol. The fourth-order valence-corrected chi connectivity index (χ4v) is 3.47. The number of carboxylic acids is 1. The highest BCUT2D eigenvalue weighted by Crippen LogP contribution is 2.32. The third-order valence-electron chi connectivity index (χ3n) is 4.13. The van der Waals surface area contributed by atoms with E-state index in [4.69, 9.17) is 9.15 Å². The third kappa shape index (κ3) is 4.67. The van der Waals surface area contributed by atoms with Crippen LogP contribution in [0.2, 0.25) is 0 Å². The Morgan fingerprint density at radius 2 is 1.72 bits per heavy atom. The zero-order valence-electron chi connectivity index (χ0n) is 15.3. The fourth-order valence-electron chi connectivity index (χ4n) is 2.73. The average molecular weight is 403 g/mol. The first kappa shape index (κ1) is 18.8. The molecule has 0 unspecified atom stereocenters. The van der Waals surface area contributed by atoms with Crippen LogP contribution in [0.3, 0.4) is 0 Å². The highest BCUT2D eigenvalue weighted by Gasteiger charge is 2.16. The minimum absolute atomic E-state index is 0.0901. The SMILES string of the molecule is O=C(O)/C(=C\c1ccccc1OCc1ccccc1)Sc1nc2ccccc2o1. The molecule has 6 heteroatoms. The number of ether oxygens (including phenoxy) is 1. The molecule has 0 aliphatic carbocycles. The Morgan fingerprint density at radius 3 is 2.52 bits per heavy atom. The number of carboxylic acid groups (broad SMARTS) is 1. The molecule has 29 heavy (non-hydrogen) atoms. The second-order valence-corrected chi connectivity index (χ2v) is 7.17. The van der Waals surface area contributed by atoms with Crippen molar-refractivity contribution in [3.05, 3.63) is 94.9 Å². The number of aliphatic carboxylic acids is 1. The Morgan fingerprint density at radius 1 is 1.00 bits per heavy atom. The van der Waals surface area contributed by atoms with E-state index in [1.165, 1.54) is 0 Å². The minimum Gasteiger partial charge on any atom is -0.488 e. The first-order valence-corrected chi connectivity index (χ1v) is 9.75. The van der Waals surface area contributed by atoms with E-state index in [1.54, 1.807) is 12.1 Å². The van der Waals surface area contributed by atoms with E-state index in [2.05, 4.69) is 4.98 Å². The Labute approximate surface area is 171 Å². The van der Waals surface area contributed by atoms with Crippen molar-refractivity contribution in [1.82, 2.24) is 4.98 Å². The smallest absolute Gasteiger partial charge is 0.342 e. The second kappa shape index (κ2) is 8.67. The molecule has 0 saturated carbocycles. The Balaban J connectivity index is 1.59. The maximum atomic E-state index is 11.8. The number of benzene rings is 3. The molecule has 1 aromatic heterocycles. The van der Waals surface area contributed by atoms with Crippen LogP contribution in [0, 0.1) is 0 Å². The molecule has 4 aromatic rings. The van der Waals surface area contributed by atoms with Gasteiger partial charge in [0.15, 0.2) is 5.58 Å². The van der Waals surface area contributed by atoms with Gasteiger partial charge in [-0.15, -0.1) is 0 Å². The maximum Gasteiger partial charge on any atom is 0.342 e. The van der Waals surface area contributed by atoms with Crippen molar-refractivity contribution >= 4 is 34.9 Å². The summed E-state index contributed by atoms with van der Waals surface area (Å²) in [6, 6.07) is 24.4. The zero-order valence-corrected chi connectivity index (χ0v) is 16.1. The van der Waals surface area contributed by atoms with Crippen LogP contribution in [0.15, 0.2) is 93.4 Å². The number of fused-ring (bicyclic) bond motifs is 1. The average Bonchev–Trinajstić information content (AvgIpc) is 3.16. The number of thioether (sulfide) groups is 1. The normalized spacial score (nSPS) is 11.5. The van der Waals surface area contributed by atoms with Gasteiger partial charge in [0, 0.05) is 5.56 Å². The molecule has 0 atom stereocenters. The van der Waals surface area contributed by atoms with Crippen molar-refractivity contribution in [2.45, 2.75) is 11.8 Å². The van der Waals surface area contributed by atoms with Crippen molar-refractivity contribution in [3.8, 4) is 5.75 Å². The first-order chi connectivity index (χ1) is 14.2. The standard InChI is InChI=1S/C23H17NO4S/c25-22(26)21(29-23-24-18-11-5-7-13-20(18)28-23)14-17-10-4-6-12-19(17)27-15-16-8-2-1-3-9-16/h1-14H,15H2,(H,25,26)/b21-14+. The van der Waals surface area contributed by atoms with E-state index in [-0.39, 0.29) is 10.1 Å². The lowest BCUT2D eigenvalue weighted by Gasteiger charge is -2.10. The maximum absolute atomic E-state index is 11.8. The van der Waals surface area contributed by atoms with Gasteiger partial charge in [-0.25, -0.2) is 9.78 Å². The van der Waals surface area contributed by atoms with Gasteiger partial charge in [0.1, 0.15) is 22.8 Å². The van der Waals surface area contributed by atoms with Crippen LogP contribution >= 0.6 is 11.8 Å². The van der Waals surface area contributed by atoms with Gasteiger partial charge in [-0.3, -0.25) is 0 Å². The lowest BCUT2D eigenvalue weighted by molar-refractivity contribution is -0.131. The van der Waals surface area contributed by atoms with Gasteiger partial charge in [-0.2, -0.15) is 0 Å². The van der Waals surface area contributed by atoms with Crippen molar-refractivity contribution in [2.24, 2.45) is 0 Å². The molecule has 4 rings (SSSR count). The topological polar surface area (TPSA) is 72.6 Å². The summed E-state index contributed by atoms with van der Waals surface area (Å²) in [7, 11) is 0. The Kier molecular flexibility index (Phi) is 5.63. The predicted octanol–water partition coefficient (Wildman–Crippen LogP) is 5.62. The van der Waals surface area contributed by atoms with E-state index in [9.17, 15) is 9.90 Å². The summed E-state index contributed by atoms with van der Waals surface area (Å²) in [5, 5.41) is 9.95. The van der Waals surface area contributed by atoms with Gasteiger partial charge >= 0.3 is 5.97 Å². The monoisotopic (exact) mass is 403 g/mol. The number of para-hydroxylation sites is 3. The molecular weight excluding hydrogens is 386 g/mol. The molecule has 144 valence electrons. The molecule has 0 amide bonds. The van der Waals surface area contributed by atoms with Crippen LogP contribution in [-0.2, 0) is 11.4 Å². The van der Waals surface area contributed by atoms with Gasteiger partial charge < -0.3 is 14.3 Å². The first-order valence-electron chi connectivity index (χ1n) is 8.93. The summed E-state index contributed by atoms with van der Waals surface area (Å²) in [5.41, 5.74) is 3.01. The molecule has 1 heterocycles. The summed E-state index contributed by atoms with van der Waals surface area (Å²) < 4.78 is 11.6. The van der Waals surface area contributed by atoms with Crippen LogP contribution in [0.1, 0.15) is 11.1 Å². The molecule has 0 bridgehead atoms.